The number of carbonyl (C=O) groups is 1. The molecule has 0 radical (unpaired) electrons. The molecule has 0 heterocycles. The van der Waals surface area contributed by atoms with E-state index in [1.807, 2.05) is 0 Å². The van der Waals surface area contributed by atoms with Gasteiger partial charge in [-0.05, 0) is 12.8 Å². The van der Waals surface area contributed by atoms with Crippen molar-refractivity contribution in [2.45, 2.75) is 23.0 Å². The molecule has 0 aromatic heterocycles. The molecule has 5 heteroatoms. The molecular weight excluding hydrogens is 300 g/mol. The normalized spacial score (nSPS) is 17.7. The van der Waals surface area contributed by atoms with Crippen molar-refractivity contribution in [1.29, 1.82) is 0 Å². The third kappa shape index (κ3) is 2.26. The van der Waals surface area contributed by atoms with Crippen LogP contribution in [0.15, 0.2) is 60.7 Å². The molecule has 3 rings (SSSR count). The molecule has 1 aliphatic rings. The zero-order valence-corrected chi connectivity index (χ0v) is 12.7. The Balaban J connectivity index is 2.18. The second-order valence-electron chi connectivity index (χ2n) is 5.45. The third-order valence-electron chi connectivity index (χ3n) is 3.88. The number of aliphatic hydroxyl groups is 1. The van der Waals surface area contributed by atoms with Gasteiger partial charge in [-0.2, -0.15) is 0 Å². The number of hydrogen-bond donors (Lipinski definition) is 1. The lowest BCUT2D eigenvalue weighted by Gasteiger charge is -2.27. The monoisotopic (exact) mass is 316 g/mol. The van der Waals surface area contributed by atoms with Crippen LogP contribution in [0.5, 0.6) is 0 Å². The van der Waals surface area contributed by atoms with Crippen LogP contribution in [0.25, 0.3) is 0 Å². The van der Waals surface area contributed by atoms with Crippen LogP contribution in [0, 0.1) is 0 Å². The summed E-state index contributed by atoms with van der Waals surface area (Å²) in [5.74, 6) is -0.800. The molecule has 1 aliphatic carbocycles. The van der Waals surface area contributed by atoms with E-state index in [0.29, 0.717) is 12.8 Å². The molecule has 1 fully saturated rings. The van der Waals surface area contributed by atoms with Crippen molar-refractivity contribution in [3.8, 4) is 0 Å². The van der Waals surface area contributed by atoms with Gasteiger partial charge in [0.1, 0.15) is 0 Å². The first-order valence-corrected chi connectivity index (χ1v) is 8.64. The fourth-order valence-corrected chi connectivity index (χ4v) is 4.57. The highest BCUT2D eigenvalue weighted by molar-refractivity contribution is 7.93. The highest BCUT2D eigenvalue weighted by Crippen LogP contribution is 2.42. The van der Waals surface area contributed by atoms with Crippen molar-refractivity contribution in [2.75, 3.05) is 0 Å². The Morgan fingerprint density at radius 1 is 0.955 bits per heavy atom. The summed E-state index contributed by atoms with van der Waals surface area (Å²) in [5.41, 5.74) is 0.272. The van der Waals surface area contributed by atoms with Crippen LogP contribution in [0.4, 0.5) is 0 Å². The molecule has 2 aromatic rings. The number of carbonyl (C=O) groups excluding carboxylic acids is 1. The fourth-order valence-electron chi connectivity index (χ4n) is 2.49. The molecule has 1 saturated carbocycles. The molecule has 0 saturated heterocycles. The third-order valence-corrected chi connectivity index (χ3v) is 6.48. The van der Waals surface area contributed by atoms with Crippen LogP contribution >= 0.6 is 0 Å². The highest BCUT2D eigenvalue weighted by atomic mass is 32.2. The smallest absolute Gasteiger partial charge is 0.255 e. The number of sulfone groups is 1. The van der Waals surface area contributed by atoms with Gasteiger partial charge in [0.05, 0.1) is 5.25 Å². The van der Waals surface area contributed by atoms with Gasteiger partial charge in [-0.25, -0.2) is 8.42 Å². The summed E-state index contributed by atoms with van der Waals surface area (Å²) in [6, 6.07) is 15.9. The molecule has 1 unspecified atom stereocenters. The lowest BCUT2D eigenvalue weighted by Crippen LogP contribution is -2.45. The van der Waals surface area contributed by atoms with Crippen LogP contribution in [0.2, 0.25) is 0 Å². The van der Waals surface area contributed by atoms with Gasteiger partial charge in [0, 0.05) is 11.1 Å². The van der Waals surface area contributed by atoms with Crippen molar-refractivity contribution >= 4 is 15.6 Å². The van der Waals surface area contributed by atoms with Gasteiger partial charge in [-0.1, -0.05) is 60.7 Å². The first-order chi connectivity index (χ1) is 10.5. The summed E-state index contributed by atoms with van der Waals surface area (Å²) in [4.78, 5) is 10.3. The van der Waals surface area contributed by atoms with E-state index < -0.39 is 25.8 Å². The second kappa shape index (κ2) is 5.34. The molecule has 1 N–H and O–H groups in total. The maximum absolute atomic E-state index is 12.8. The van der Waals surface area contributed by atoms with E-state index in [1.54, 1.807) is 36.4 Å². The van der Waals surface area contributed by atoms with Crippen molar-refractivity contribution in [1.82, 2.24) is 0 Å². The lowest BCUT2D eigenvalue weighted by atomic mass is 9.99. The quantitative estimate of drug-likeness (QED) is 0.859. The zero-order valence-electron chi connectivity index (χ0n) is 11.8. The van der Waals surface area contributed by atoms with Crippen molar-refractivity contribution in [2.24, 2.45) is 0 Å². The Morgan fingerprint density at radius 3 is 1.95 bits per heavy atom. The molecular formula is C17H16O4S. The standard InChI is InChI=1S/C17H16O4S/c18-16(13-7-3-1-4-8-13)17(19,14-9-5-2-6-10-14)22(20,21)15-11-12-15/h1-10,15,19H,11-12H2. The van der Waals surface area contributed by atoms with Gasteiger partial charge in [0.15, 0.2) is 9.84 Å². The molecule has 0 amide bonds. The van der Waals surface area contributed by atoms with Crippen LogP contribution in [0.1, 0.15) is 28.8 Å². The van der Waals surface area contributed by atoms with Gasteiger partial charge < -0.3 is 5.11 Å². The minimum absolute atomic E-state index is 0.0933. The largest absolute Gasteiger partial charge is 0.365 e. The zero-order chi connectivity index (χ0) is 15.8. The summed E-state index contributed by atoms with van der Waals surface area (Å²) >= 11 is 0. The minimum atomic E-state index is -4.02. The molecule has 2 aromatic carbocycles. The van der Waals surface area contributed by atoms with Crippen LogP contribution in [0.3, 0.4) is 0 Å². The maximum atomic E-state index is 12.8. The van der Waals surface area contributed by atoms with Gasteiger partial charge >= 0.3 is 0 Å². The number of rotatable bonds is 5. The summed E-state index contributed by atoms with van der Waals surface area (Å²) in [7, 11) is -4.02. The Morgan fingerprint density at radius 2 is 1.45 bits per heavy atom. The Labute approximate surface area is 129 Å². The van der Waals surface area contributed by atoms with Crippen molar-refractivity contribution in [3.05, 3.63) is 71.8 Å². The highest BCUT2D eigenvalue weighted by Gasteiger charge is 2.56. The molecule has 0 bridgehead atoms. The molecule has 4 nitrogen and oxygen atoms in total. The van der Waals surface area contributed by atoms with Crippen LogP contribution < -0.4 is 0 Å². The first-order valence-electron chi connectivity index (χ1n) is 7.09. The summed E-state index contributed by atoms with van der Waals surface area (Å²) in [6.07, 6.45) is 0.971. The second-order valence-corrected chi connectivity index (χ2v) is 7.80. The first kappa shape index (κ1) is 14.9. The van der Waals surface area contributed by atoms with E-state index in [1.165, 1.54) is 24.3 Å². The fraction of sp³-hybridized carbons (Fsp3) is 0.235. The van der Waals surface area contributed by atoms with Crippen molar-refractivity contribution in [3.63, 3.8) is 0 Å². The molecule has 22 heavy (non-hydrogen) atoms. The van der Waals surface area contributed by atoms with E-state index >= 15 is 0 Å². The minimum Gasteiger partial charge on any atom is -0.365 e. The van der Waals surface area contributed by atoms with E-state index in [2.05, 4.69) is 0 Å². The van der Waals surface area contributed by atoms with Crippen LogP contribution in [-0.2, 0) is 14.8 Å². The summed E-state index contributed by atoms with van der Waals surface area (Å²) in [5, 5.41) is 10.4. The molecule has 0 aliphatic heterocycles. The van der Waals surface area contributed by atoms with E-state index in [0.717, 1.165) is 0 Å². The Kier molecular flexibility index (Phi) is 3.62. The summed E-state index contributed by atoms with van der Waals surface area (Å²) in [6.45, 7) is 0. The van der Waals surface area contributed by atoms with E-state index in [-0.39, 0.29) is 11.1 Å². The number of ketones is 1. The van der Waals surface area contributed by atoms with Crippen LogP contribution in [-0.4, -0.2) is 24.6 Å². The molecule has 0 spiro atoms. The number of hydrogen-bond acceptors (Lipinski definition) is 4. The summed E-state index contributed by atoms with van der Waals surface area (Å²) < 4.78 is 25.5. The van der Waals surface area contributed by atoms with E-state index in [4.69, 9.17) is 0 Å². The van der Waals surface area contributed by atoms with Gasteiger partial charge in [0.2, 0.25) is 5.78 Å². The number of benzene rings is 2. The maximum Gasteiger partial charge on any atom is 0.255 e. The Bertz CT molecular complexity index is 780. The van der Waals surface area contributed by atoms with Gasteiger partial charge in [-0.15, -0.1) is 0 Å². The molecule has 114 valence electrons. The Hall–Kier alpha value is -1.98. The SMILES string of the molecule is O=C(c1ccccc1)C(O)(c1ccccc1)S(=O)(=O)C1CC1. The molecule has 1 atom stereocenters. The predicted octanol–water partition coefficient (Wildman–Crippen LogP) is 2.29. The van der Waals surface area contributed by atoms with E-state index in [9.17, 15) is 18.3 Å². The van der Waals surface area contributed by atoms with Gasteiger partial charge in [-0.3, -0.25) is 4.79 Å². The average Bonchev–Trinajstić information content (AvgIpc) is 3.40. The lowest BCUT2D eigenvalue weighted by molar-refractivity contribution is 0.0628. The predicted molar refractivity (Wildman–Crippen MR) is 83.1 cm³/mol. The van der Waals surface area contributed by atoms with Gasteiger partial charge in [0.25, 0.3) is 4.93 Å². The topological polar surface area (TPSA) is 71.4 Å². The average molecular weight is 316 g/mol. The van der Waals surface area contributed by atoms with Crippen molar-refractivity contribution < 1.29 is 18.3 Å². The number of Topliss-reactive ketones (excluding diaryl/α,β-unsaturated/α-hetero) is 1.